The molecule has 1 aliphatic rings. The summed E-state index contributed by atoms with van der Waals surface area (Å²) in [4.78, 5) is 33.8. The lowest BCUT2D eigenvalue weighted by Gasteiger charge is -2.31. The van der Waals surface area contributed by atoms with Crippen molar-refractivity contribution in [3.8, 4) is 10.4 Å². The number of hydrogen-bond donors (Lipinski definition) is 1. The fourth-order valence-corrected chi connectivity index (χ4v) is 4.61. The maximum absolute atomic E-state index is 12.9. The standard InChI is InChI=1S/C22H21N5OS.C2HF3O2/c1-15-10-18(12-23-11-15)22(28)26-8-2-4-17(13-26)21-24-20-7-6-16(14-27(20)25-21)19-5-3-9-29-19;3-2(4,5)1(6)7/h3,5-7,9-12,14,17H,2,4,8,13H2,1H3;(H,6,7). The number of fused-ring (bicyclic) bond motifs is 1. The third kappa shape index (κ3) is 5.88. The molecular weight excluding hydrogens is 495 g/mol. The van der Waals surface area contributed by atoms with Gasteiger partial charge in [-0.1, -0.05) is 6.07 Å². The number of piperidine rings is 1. The molecule has 0 aromatic carbocycles. The van der Waals surface area contributed by atoms with Gasteiger partial charge < -0.3 is 10.0 Å². The Bertz CT molecular complexity index is 1370. The predicted molar refractivity (Wildman–Crippen MR) is 127 cm³/mol. The number of carboxylic acid groups (broad SMARTS) is 1. The van der Waals surface area contributed by atoms with Crippen LogP contribution < -0.4 is 0 Å². The van der Waals surface area contributed by atoms with Crippen molar-refractivity contribution in [1.29, 1.82) is 0 Å². The number of rotatable bonds is 3. The van der Waals surface area contributed by atoms with E-state index in [1.165, 1.54) is 4.88 Å². The highest BCUT2D eigenvalue weighted by Crippen LogP contribution is 2.28. The van der Waals surface area contributed by atoms with Crippen molar-refractivity contribution in [2.75, 3.05) is 13.1 Å². The molecule has 4 aromatic rings. The Kier molecular flexibility index (Phi) is 7.34. The van der Waals surface area contributed by atoms with E-state index >= 15 is 0 Å². The van der Waals surface area contributed by atoms with E-state index in [-0.39, 0.29) is 11.8 Å². The molecule has 1 unspecified atom stereocenters. The van der Waals surface area contributed by atoms with Gasteiger partial charge >= 0.3 is 12.1 Å². The summed E-state index contributed by atoms with van der Waals surface area (Å²) in [6.07, 6.45) is 2.30. The number of aromatic nitrogens is 4. The Morgan fingerprint density at radius 1 is 1.19 bits per heavy atom. The average Bonchev–Trinajstić information content (AvgIpc) is 3.53. The molecule has 1 N–H and O–H groups in total. The summed E-state index contributed by atoms with van der Waals surface area (Å²) in [6, 6.07) is 10.1. The van der Waals surface area contributed by atoms with Crippen LogP contribution >= 0.6 is 11.3 Å². The second-order valence-corrected chi connectivity index (χ2v) is 9.26. The zero-order valence-electron chi connectivity index (χ0n) is 19.1. The summed E-state index contributed by atoms with van der Waals surface area (Å²) in [5.74, 6) is -1.76. The SMILES string of the molecule is Cc1cncc(C(=O)N2CCCC(c3nc4ccc(-c5cccs5)cn4n3)C2)c1.O=C(O)C(F)(F)F. The molecule has 0 bridgehead atoms. The first-order chi connectivity index (χ1) is 17.1. The molecule has 0 aliphatic carbocycles. The molecular formula is C24H22F3N5O3S. The van der Waals surface area contributed by atoms with Crippen LogP contribution in [0.15, 0.2) is 54.3 Å². The number of likely N-dealkylation sites (tertiary alicyclic amines) is 1. The van der Waals surface area contributed by atoms with Gasteiger partial charge in [0.2, 0.25) is 0 Å². The van der Waals surface area contributed by atoms with Crippen LogP contribution in [0.2, 0.25) is 0 Å². The van der Waals surface area contributed by atoms with Crippen LogP contribution in [0.5, 0.6) is 0 Å². The first-order valence-electron chi connectivity index (χ1n) is 11.0. The second-order valence-electron chi connectivity index (χ2n) is 8.31. The van der Waals surface area contributed by atoms with E-state index in [1.807, 2.05) is 40.7 Å². The molecule has 188 valence electrons. The third-order valence-corrected chi connectivity index (χ3v) is 6.51. The minimum absolute atomic E-state index is 0.0367. The van der Waals surface area contributed by atoms with Gasteiger partial charge in [-0.3, -0.25) is 9.78 Å². The number of aliphatic carboxylic acids is 1. The lowest BCUT2D eigenvalue weighted by atomic mass is 9.97. The predicted octanol–water partition coefficient (Wildman–Crippen LogP) is 4.81. The van der Waals surface area contributed by atoms with E-state index in [4.69, 9.17) is 20.0 Å². The smallest absolute Gasteiger partial charge is 0.475 e. The molecule has 1 aliphatic heterocycles. The zero-order valence-corrected chi connectivity index (χ0v) is 20.0. The molecule has 1 saturated heterocycles. The van der Waals surface area contributed by atoms with Gasteiger partial charge in [-0.05, 0) is 55.0 Å². The zero-order chi connectivity index (χ0) is 25.9. The first-order valence-corrected chi connectivity index (χ1v) is 11.9. The summed E-state index contributed by atoms with van der Waals surface area (Å²) < 4.78 is 33.6. The van der Waals surface area contributed by atoms with Gasteiger partial charge in [0, 0.05) is 48.0 Å². The van der Waals surface area contributed by atoms with Crippen LogP contribution in [-0.4, -0.2) is 60.7 Å². The van der Waals surface area contributed by atoms with Gasteiger partial charge in [0.05, 0.1) is 5.56 Å². The van der Waals surface area contributed by atoms with E-state index in [1.54, 1.807) is 23.7 Å². The number of carbonyl (C=O) groups excluding carboxylic acids is 1. The van der Waals surface area contributed by atoms with Crippen molar-refractivity contribution >= 4 is 28.9 Å². The molecule has 36 heavy (non-hydrogen) atoms. The maximum atomic E-state index is 12.9. The molecule has 8 nitrogen and oxygen atoms in total. The Labute approximate surface area is 208 Å². The van der Waals surface area contributed by atoms with E-state index in [0.717, 1.165) is 42.0 Å². The van der Waals surface area contributed by atoms with Gasteiger partial charge in [0.1, 0.15) is 0 Å². The highest BCUT2D eigenvalue weighted by atomic mass is 32.1. The van der Waals surface area contributed by atoms with Gasteiger partial charge in [-0.15, -0.1) is 11.3 Å². The molecule has 5 heterocycles. The summed E-state index contributed by atoms with van der Waals surface area (Å²) in [7, 11) is 0. The first kappa shape index (κ1) is 25.3. The summed E-state index contributed by atoms with van der Waals surface area (Å²) in [5.41, 5.74) is 3.62. The minimum atomic E-state index is -5.08. The molecule has 1 amide bonds. The third-order valence-electron chi connectivity index (χ3n) is 5.59. The van der Waals surface area contributed by atoms with Crippen LogP contribution in [0, 0.1) is 6.92 Å². The monoisotopic (exact) mass is 517 g/mol. The van der Waals surface area contributed by atoms with Gasteiger partial charge in [-0.25, -0.2) is 14.3 Å². The van der Waals surface area contributed by atoms with Crippen molar-refractivity contribution < 1.29 is 27.9 Å². The Morgan fingerprint density at radius 3 is 2.64 bits per heavy atom. The topological polar surface area (TPSA) is 101 Å². The average molecular weight is 518 g/mol. The van der Waals surface area contributed by atoms with E-state index < -0.39 is 12.1 Å². The number of aryl methyl sites for hydroxylation is 1. The Balaban J connectivity index is 0.000000384. The lowest BCUT2D eigenvalue weighted by Crippen LogP contribution is -2.39. The fraction of sp³-hybridized carbons (Fsp3) is 0.292. The normalized spacial score (nSPS) is 15.9. The molecule has 5 rings (SSSR count). The van der Waals surface area contributed by atoms with Crippen molar-refractivity contribution in [2.45, 2.75) is 31.9 Å². The van der Waals surface area contributed by atoms with Crippen molar-refractivity contribution in [3.05, 3.63) is 71.3 Å². The van der Waals surface area contributed by atoms with E-state index in [0.29, 0.717) is 12.1 Å². The van der Waals surface area contributed by atoms with Crippen LogP contribution in [0.3, 0.4) is 0 Å². The minimum Gasteiger partial charge on any atom is -0.475 e. The number of thiophene rings is 1. The van der Waals surface area contributed by atoms with E-state index in [2.05, 4.69) is 22.5 Å². The van der Waals surface area contributed by atoms with Crippen LogP contribution in [0.25, 0.3) is 16.1 Å². The van der Waals surface area contributed by atoms with Crippen LogP contribution in [0.4, 0.5) is 13.2 Å². The number of hydrogen-bond acceptors (Lipinski definition) is 6. The quantitative estimate of drug-likeness (QED) is 0.419. The second kappa shape index (κ2) is 10.4. The number of alkyl halides is 3. The maximum Gasteiger partial charge on any atom is 0.490 e. The summed E-state index contributed by atoms with van der Waals surface area (Å²) in [5, 5.41) is 13.9. The number of carboxylic acids is 1. The highest BCUT2D eigenvalue weighted by Gasteiger charge is 2.38. The molecule has 1 atom stereocenters. The molecule has 1 fully saturated rings. The molecule has 0 spiro atoms. The molecule has 0 saturated carbocycles. The van der Waals surface area contributed by atoms with Crippen molar-refractivity contribution in [1.82, 2.24) is 24.5 Å². The van der Waals surface area contributed by atoms with Crippen molar-refractivity contribution in [3.63, 3.8) is 0 Å². The van der Waals surface area contributed by atoms with Crippen molar-refractivity contribution in [2.24, 2.45) is 0 Å². The molecule has 12 heteroatoms. The largest absolute Gasteiger partial charge is 0.490 e. The highest BCUT2D eigenvalue weighted by molar-refractivity contribution is 7.13. The van der Waals surface area contributed by atoms with Crippen LogP contribution in [-0.2, 0) is 4.79 Å². The lowest BCUT2D eigenvalue weighted by molar-refractivity contribution is -0.192. The van der Waals surface area contributed by atoms with Gasteiger partial charge in [-0.2, -0.15) is 18.3 Å². The number of pyridine rings is 2. The Hall–Kier alpha value is -3.80. The Morgan fingerprint density at radius 2 is 1.97 bits per heavy atom. The summed E-state index contributed by atoms with van der Waals surface area (Å²) in [6.45, 7) is 3.36. The molecule has 0 radical (unpaired) electrons. The molecule has 4 aromatic heterocycles. The van der Waals surface area contributed by atoms with Gasteiger partial charge in [0.25, 0.3) is 5.91 Å². The fourth-order valence-electron chi connectivity index (χ4n) is 3.89. The number of amides is 1. The number of nitrogens with zero attached hydrogens (tertiary/aromatic N) is 5. The number of halogens is 3. The summed E-state index contributed by atoms with van der Waals surface area (Å²) >= 11 is 1.71. The van der Waals surface area contributed by atoms with Gasteiger partial charge in [0.15, 0.2) is 11.5 Å². The van der Waals surface area contributed by atoms with Crippen LogP contribution in [0.1, 0.15) is 40.5 Å². The number of carbonyl (C=O) groups is 2. The van der Waals surface area contributed by atoms with E-state index in [9.17, 15) is 18.0 Å².